The molecule has 1 fully saturated rings. The molecule has 1 saturated heterocycles. The zero-order valence-corrected chi connectivity index (χ0v) is 14.9. The van der Waals surface area contributed by atoms with Crippen molar-refractivity contribution in [3.8, 4) is 5.75 Å². The molecular weight excluding hydrogens is 336 g/mol. The van der Waals surface area contributed by atoms with E-state index in [0.717, 1.165) is 13.1 Å². The van der Waals surface area contributed by atoms with Gasteiger partial charge in [-0.25, -0.2) is 0 Å². The van der Waals surface area contributed by atoms with Gasteiger partial charge in [-0.2, -0.15) is 0 Å². The summed E-state index contributed by atoms with van der Waals surface area (Å²) in [6.07, 6.45) is 2.43. The number of nitrogens with one attached hydrogen (secondary N) is 1. The number of ether oxygens (including phenoxy) is 1. The van der Waals surface area contributed by atoms with Crippen molar-refractivity contribution in [1.82, 2.24) is 10.2 Å². The molecule has 0 radical (unpaired) electrons. The van der Waals surface area contributed by atoms with Crippen LogP contribution in [0.3, 0.4) is 0 Å². The van der Waals surface area contributed by atoms with Crippen LogP contribution in [-0.2, 0) is 4.79 Å². The standard InChI is InChI=1S/C20H23ClN2O2/c21-17-9-6-10-18(13-17)25-15-20(24)22-14-19(23-11-4-5-12-23)16-7-2-1-3-8-16/h1-3,6-10,13,19H,4-5,11-12,14-15H2,(H,22,24). The van der Waals surface area contributed by atoms with Crippen molar-refractivity contribution in [1.29, 1.82) is 0 Å². The number of hydrogen-bond acceptors (Lipinski definition) is 3. The lowest BCUT2D eigenvalue weighted by Crippen LogP contribution is -2.38. The molecule has 5 heteroatoms. The van der Waals surface area contributed by atoms with Crippen molar-refractivity contribution in [2.24, 2.45) is 0 Å². The average Bonchev–Trinajstić information content (AvgIpc) is 3.15. The van der Waals surface area contributed by atoms with Crippen LogP contribution in [-0.4, -0.2) is 37.0 Å². The van der Waals surface area contributed by atoms with Crippen LogP contribution in [0.5, 0.6) is 5.75 Å². The number of nitrogens with zero attached hydrogens (tertiary/aromatic N) is 1. The Morgan fingerprint density at radius 3 is 2.60 bits per heavy atom. The number of likely N-dealkylation sites (tertiary alicyclic amines) is 1. The minimum absolute atomic E-state index is 0.0121. The van der Waals surface area contributed by atoms with E-state index in [1.807, 2.05) is 18.2 Å². The van der Waals surface area contributed by atoms with Crippen LogP contribution in [0.15, 0.2) is 54.6 Å². The van der Waals surface area contributed by atoms with E-state index >= 15 is 0 Å². The van der Waals surface area contributed by atoms with Gasteiger partial charge in [0, 0.05) is 11.6 Å². The van der Waals surface area contributed by atoms with E-state index in [4.69, 9.17) is 16.3 Å². The van der Waals surface area contributed by atoms with Crippen LogP contribution < -0.4 is 10.1 Å². The second kappa shape index (κ2) is 8.88. The number of halogens is 1. The van der Waals surface area contributed by atoms with Crippen LogP contribution in [0, 0.1) is 0 Å². The maximum absolute atomic E-state index is 12.2. The molecule has 2 aromatic carbocycles. The fourth-order valence-corrected chi connectivity index (χ4v) is 3.33. The molecule has 1 atom stereocenters. The molecule has 4 nitrogen and oxygen atoms in total. The molecule has 0 saturated carbocycles. The summed E-state index contributed by atoms with van der Waals surface area (Å²) in [6, 6.07) is 17.6. The Bertz CT molecular complexity index is 687. The lowest BCUT2D eigenvalue weighted by Gasteiger charge is -2.28. The van der Waals surface area contributed by atoms with E-state index in [9.17, 15) is 4.79 Å². The molecule has 1 heterocycles. The summed E-state index contributed by atoms with van der Waals surface area (Å²) in [6.45, 7) is 2.73. The number of hydrogen-bond donors (Lipinski definition) is 1. The summed E-state index contributed by atoms with van der Waals surface area (Å²) in [5, 5.41) is 3.60. The van der Waals surface area contributed by atoms with Gasteiger partial charge in [0.1, 0.15) is 5.75 Å². The van der Waals surface area contributed by atoms with Gasteiger partial charge in [0.15, 0.2) is 6.61 Å². The van der Waals surface area contributed by atoms with Crippen LogP contribution in [0.1, 0.15) is 24.4 Å². The highest BCUT2D eigenvalue weighted by molar-refractivity contribution is 6.30. The Balaban J connectivity index is 1.54. The number of amides is 1. The largest absolute Gasteiger partial charge is 0.484 e. The summed E-state index contributed by atoms with van der Waals surface area (Å²) < 4.78 is 5.50. The molecule has 0 aliphatic carbocycles. The molecule has 0 spiro atoms. The van der Waals surface area contributed by atoms with Crippen molar-refractivity contribution in [3.63, 3.8) is 0 Å². The monoisotopic (exact) mass is 358 g/mol. The highest BCUT2D eigenvalue weighted by Crippen LogP contribution is 2.24. The SMILES string of the molecule is O=C(COc1cccc(Cl)c1)NCC(c1ccccc1)N1CCCC1. The first kappa shape index (κ1) is 17.8. The highest BCUT2D eigenvalue weighted by atomic mass is 35.5. The minimum atomic E-state index is -0.125. The Labute approximate surface area is 153 Å². The third kappa shape index (κ3) is 5.21. The summed E-state index contributed by atoms with van der Waals surface area (Å²) >= 11 is 5.92. The molecule has 3 rings (SSSR count). The van der Waals surface area contributed by atoms with Gasteiger partial charge in [0.2, 0.25) is 0 Å². The van der Waals surface area contributed by atoms with Gasteiger partial charge in [0.05, 0.1) is 6.04 Å². The van der Waals surface area contributed by atoms with Crippen molar-refractivity contribution < 1.29 is 9.53 Å². The van der Waals surface area contributed by atoms with E-state index in [1.165, 1.54) is 18.4 Å². The van der Waals surface area contributed by atoms with Crippen LogP contribution in [0.2, 0.25) is 5.02 Å². The van der Waals surface area contributed by atoms with Gasteiger partial charge in [-0.15, -0.1) is 0 Å². The average molecular weight is 359 g/mol. The fraction of sp³-hybridized carbons (Fsp3) is 0.350. The topological polar surface area (TPSA) is 41.6 Å². The van der Waals surface area contributed by atoms with Crippen molar-refractivity contribution in [3.05, 3.63) is 65.2 Å². The van der Waals surface area contributed by atoms with E-state index in [0.29, 0.717) is 17.3 Å². The normalized spacial score (nSPS) is 15.7. The second-order valence-corrected chi connectivity index (χ2v) is 6.66. The number of rotatable bonds is 7. The predicted molar refractivity (Wildman–Crippen MR) is 99.9 cm³/mol. The van der Waals surface area contributed by atoms with Crippen molar-refractivity contribution in [2.45, 2.75) is 18.9 Å². The molecule has 2 aromatic rings. The molecule has 1 unspecified atom stereocenters. The Hall–Kier alpha value is -2.04. The molecule has 1 N–H and O–H groups in total. The van der Waals surface area contributed by atoms with E-state index in [2.05, 4.69) is 22.3 Å². The van der Waals surface area contributed by atoms with Gasteiger partial charge in [-0.05, 0) is 49.7 Å². The molecular formula is C20H23ClN2O2. The van der Waals surface area contributed by atoms with Crippen LogP contribution >= 0.6 is 11.6 Å². The third-order valence-electron chi connectivity index (χ3n) is 4.42. The third-order valence-corrected chi connectivity index (χ3v) is 4.66. The highest BCUT2D eigenvalue weighted by Gasteiger charge is 2.23. The number of carbonyl (C=O) groups is 1. The van der Waals surface area contributed by atoms with Gasteiger partial charge >= 0.3 is 0 Å². The maximum Gasteiger partial charge on any atom is 0.258 e. The lowest BCUT2D eigenvalue weighted by molar-refractivity contribution is -0.123. The maximum atomic E-state index is 12.2. The summed E-state index contributed by atoms with van der Waals surface area (Å²) in [5.74, 6) is 0.474. The van der Waals surface area contributed by atoms with E-state index < -0.39 is 0 Å². The Morgan fingerprint density at radius 1 is 1.12 bits per heavy atom. The minimum Gasteiger partial charge on any atom is -0.484 e. The summed E-state index contributed by atoms with van der Waals surface area (Å²) in [7, 11) is 0. The predicted octanol–water partition coefficient (Wildman–Crippen LogP) is 3.67. The molecule has 1 aliphatic rings. The Morgan fingerprint density at radius 2 is 1.88 bits per heavy atom. The molecule has 0 bridgehead atoms. The fourth-order valence-electron chi connectivity index (χ4n) is 3.15. The van der Waals surface area contributed by atoms with E-state index in [1.54, 1.807) is 24.3 Å². The van der Waals surface area contributed by atoms with Gasteiger partial charge in [0.25, 0.3) is 5.91 Å². The Kier molecular flexibility index (Phi) is 6.31. The smallest absolute Gasteiger partial charge is 0.258 e. The molecule has 25 heavy (non-hydrogen) atoms. The zero-order valence-electron chi connectivity index (χ0n) is 14.2. The van der Waals surface area contributed by atoms with Crippen molar-refractivity contribution >= 4 is 17.5 Å². The number of carbonyl (C=O) groups excluding carboxylic acids is 1. The summed E-state index contributed by atoms with van der Waals surface area (Å²) in [5.41, 5.74) is 1.24. The first-order valence-electron chi connectivity index (χ1n) is 8.66. The first-order valence-corrected chi connectivity index (χ1v) is 9.04. The summed E-state index contributed by atoms with van der Waals surface area (Å²) in [4.78, 5) is 14.6. The molecule has 1 aliphatic heterocycles. The quantitative estimate of drug-likeness (QED) is 0.821. The molecule has 1 amide bonds. The second-order valence-electron chi connectivity index (χ2n) is 6.22. The van der Waals surface area contributed by atoms with Gasteiger partial charge < -0.3 is 10.1 Å². The van der Waals surface area contributed by atoms with Crippen LogP contribution in [0.25, 0.3) is 0 Å². The van der Waals surface area contributed by atoms with Crippen LogP contribution in [0.4, 0.5) is 0 Å². The first-order chi connectivity index (χ1) is 12.2. The lowest BCUT2D eigenvalue weighted by atomic mass is 10.1. The molecule has 0 aromatic heterocycles. The van der Waals surface area contributed by atoms with E-state index in [-0.39, 0.29) is 18.6 Å². The van der Waals surface area contributed by atoms with Gasteiger partial charge in [-0.1, -0.05) is 48.0 Å². The van der Waals surface area contributed by atoms with Gasteiger partial charge in [-0.3, -0.25) is 9.69 Å². The zero-order chi connectivity index (χ0) is 17.5. The number of benzene rings is 2. The van der Waals surface area contributed by atoms with Crippen molar-refractivity contribution in [2.75, 3.05) is 26.2 Å². The molecule has 132 valence electrons.